The second-order valence-corrected chi connectivity index (χ2v) is 5.80. The Bertz CT molecular complexity index is 560. The van der Waals surface area contributed by atoms with Gasteiger partial charge >= 0.3 is 6.18 Å². The number of nitrogens with two attached hydrogens (primary N) is 1. The Kier molecular flexibility index (Phi) is 2.16. The third kappa shape index (κ3) is 1.45. The molecule has 0 aliphatic heterocycles. The first-order valence-corrected chi connectivity index (χ1v) is 6.04. The monoisotopic (exact) mass is 270 g/mol. The molecule has 19 heavy (non-hydrogen) atoms. The van der Waals surface area contributed by atoms with E-state index in [4.69, 9.17) is 5.73 Å². The second-order valence-electron chi connectivity index (χ2n) is 5.80. The van der Waals surface area contributed by atoms with Gasteiger partial charge in [-0.15, -0.1) is 0 Å². The van der Waals surface area contributed by atoms with Crippen molar-refractivity contribution in [3.05, 3.63) is 23.4 Å². The van der Waals surface area contributed by atoms with Crippen LogP contribution in [0.2, 0.25) is 0 Å². The molecule has 2 bridgehead atoms. The third-order valence-corrected chi connectivity index (χ3v) is 4.42. The van der Waals surface area contributed by atoms with E-state index in [1.807, 2.05) is 0 Å². The molecular formula is C13H13F3N2O. The Morgan fingerprint density at radius 1 is 1.32 bits per heavy atom. The van der Waals surface area contributed by atoms with Gasteiger partial charge in [0.1, 0.15) is 5.82 Å². The van der Waals surface area contributed by atoms with Crippen LogP contribution in [-0.4, -0.2) is 16.9 Å². The maximum atomic E-state index is 12.7. The van der Waals surface area contributed by atoms with Crippen LogP contribution in [0.4, 0.5) is 19.0 Å². The number of carbonyl (C=O) groups is 1. The summed E-state index contributed by atoms with van der Waals surface area (Å²) in [6.07, 6.45) is -4.51. The molecule has 102 valence electrons. The molecule has 3 aliphatic rings. The Balaban J connectivity index is 1.82. The van der Waals surface area contributed by atoms with E-state index in [2.05, 4.69) is 4.98 Å². The van der Waals surface area contributed by atoms with Crippen LogP contribution in [0.25, 0.3) is 0 Å². The molecule has 3 nitrogen and oxygen atoms in total. The third-order valence-electron chi connectivity index (χ3n) is 4.42. The van der Waals surface area contributed by atoms with E-state index >= 15 is 0 Å². The van der Waals surface area contributed by atoms with Gasteiger partial charge in [-0.25, -0.2) is 4.98 Å². The van der Waals surface area contributed by atoms with Crippen molar-refractivity contribution >= 4 is 11.6 Å². The van der Waals surface area contributed by atoms with Crippen LogP contribution in [0, 0.1) is 17.8 Å². The van der Waals surface area contributed by atoms with Gasteiger partial charge in [0.25, 0.3) is 0 Å². The van der Waals surface area contributed by atoms with Gasteiger partial charge in [0, 0.05) is 11.1 Å². The van der Waals surface area contributed by atoms with Crippen molar-refractivity contribution in [2.45, 2.75) is 32.4 Å². The van der Waals surface area contributed by atoms with Gasteiger partial charge in [0.2, 0.25) is 0 Å². The Labute approximate surface area is 108 Å². The highest BCUT2D eigenvalue weighted by atomic mass is 19.4. The summed E-state index contributed by atoms with van der Waals surface area (Å²) in [5.41, 5.74) is 4.15. The van der Waals surface area contributed by atoms with Gasteiger partial charge in [-0.05, 0) is 38.3 Å². The van der Waals surface area contributed by atoms with Crippen LogP contribution >= 0.6 is 0 Å². The highest BCUT2D eigenvalue weighted by Gasteiger charge is 2.80. The average molecular weight is 270 g/mol. The normalized spacial score (nSPS) is 32.4. The van der Waals surface area contributed by atoms with Crippen LogP contribution in [0.1, 0.15) is 35.3 Å². The largest absolute Gasteiger partial charge is 0.394 e. The lowest BCUT2D eigenvalue weighted by Gasteiger charge is -2.69. The maximum Gasteiger partial charge on any atom is 0.394 e. The summed E-state index contributed by atoms with van der Waals surface area (Å²) in [5, 5.41) is 0. The molecule has 0 aromatic carbocycles. The summed E-state index contributed by atoms with van der Waals surface area (Å²) in [6, 6.07) is 3.20. The molecule has 2 N–H and O–H groups in total. The van der Waals surface area contributed by atoms with Gasteiger partial charge in [-0.3, -0.25) is 4.79 Å². The first-order chi connectivity index (χ1) is 8.69. The summed E-state index contributed by atoms with van der Waals surface area (Å²) >= 11 is 0. The first-order valence-electron chi connectivity index (χ1n) is 6.04. The highest BCUT2D eigenvalue weighted by Crippen LogP contribution is 2.79. The molecule has 0 amide bonds. The van der Waals surface area contributed by atoms with Crippen molar-refractivity contribution in [1.29, 1.82) is 0 Å². The van der Waals surface area contributed by atoms with E-state index < -0.39 is 17.0 Å². The van der Waals surface area contributed by atoms with Gasteiger partial charge in [-0.1, -0.05) is 0 Å². The number of nitrogens with zero attached hydrogens (tertiary/aromatic N) is 1. The Morgan fingerprint density at radius 2 is 1.89 bits per heavy atom. The van der Waals surface area contributed by atoms with E-state index in [1.54, 1.807) is 19.1 Å². The van der Waals surface area contributed by atoms with Crippen LogP contribution in [-0.2, 0) is 0 Å². The molecule has 0 atom stereocenters. The number of aryl methyl sites for hydroxylation is 1. The zero-order valence-electron chi connectivity index (χ0n) is 10.3. The number of ketones is 1. The molecule has 3 aliphatic carbocycles. The van der Waals surface area contributed by atoms with E-state index in [9.17, 15) is 18.0 Å². The minimum atomic E-state index is -4.20. The van der Waals surface area contributed by atoms with Gasteiger partial charge in [0.05, 0.1) is 11.0 Å². The summed E-state index contributed by atoms with van der Waals surface area (Å²) < 4.78 is 38.2. The van der Waals surface area contributed by atoms with Crippen molar-refractivity contribution in [3.8, 4) is 0 Å². The zero-order chi connectivity index (χ0) is 14.1. The number of anilines is 1. The Hall–Kier alpha value is -1.59. The lowest BCUT2D eigenvalue weighted by atomic mass is 9.33. The number of rotatable bonds is 2. The predicted molar refractivity (Wildman–Crippen MR) is 62.5 cm³/mol. The fourth-order valence-electron chi connectivity index (χ4n) is 3.38. The van der Waals surface area contributed by atoms with Gasteiger partial charge in [0.15, 0.2) is 5.78 Å². The summed E-state index contributed by atoms with van der Waals surface area (Å²) in [5.74, 6) is -0.181. The molecule has 0 unspecified atom stereocenters. The fraction of sp³-hybridized carbons (Fsp3) is 0.538. The average Bonchev–Trinajstić information content (AvgIpc) is 2.09. The number of alkyl halides is 3. The molecule has 0 radical (unpaired) electrons. The van der Waals surface area contributed by atoms with Gasteiger partial charge < -0.3 is 5.73 Å². The quantitative estimate of drug-likeness (QED) is 0.841. The number of Topliss-reactive ketones (excluding diaryl/α,β-unsaturated/α-hetero) is 1. The van der Waals surface area contributed by atoms with Crippen molar-refractivity contribution < 1.29 is 18.0 Å². The lowest BCUT2D eigenvalue weighted by Crippen LogP contribution is -2.70. The summed E-state index contributed by atoms with van der Waals surface area (Å²) in [4.78, 5) is 16.3. The molecule has 6 heteroatoms. The van der Waals surface area contributed by atoms with Crippen LogP contribution < -0.4 is 5.73 Å². The van der Waals surface area contributed by atoms with E-state index in [1.165, 1.54) is 0 Å². The fourth-order valence-corrected chi connectivity index (χ4v) is 3.38. The number of aromatic nitrogens is 1. The maximum absolute atomic E-state index is 12.7. The van der Waals surface area contributed by atoms with Crippen molar-refractivity contribution in [2.24, 2.45) is 10.8 Å². The number of pyridine rings is 1. The molecule has 3 fully saturated rings. The smallest absolute Gasteiger partial charge is 0.383 e. The SMILES string of the molecule is Cc1ccc(C(=O)C23CC(C(F)(F)F)(C2)C3)c(N)n1. The first kappa shape index (κ1) is 12.4. The molecule has 1 heterocycles. The van der Waals surface area contributed by atoms with E-state index in [-0.39, 0.29) is 36.4 Å². The van der Waals surface area contributed by atoms with E-state index in [0.717, 1.165) is 0 Å². The zero-order valence-corrected chi connectivity index (χ0v) is 10.3. The van der Waals surface area contributed by atoms with E-state index in [0.29, 0.717) is 5.69 Å². The van der Waals surface area contributed by atoms with Gasteiger partial charge in [-0.2, -0.15) is 13.2 Å². The molecule has 0 saturated heterocycles. The van der Waals surface area contributed by atoms with Crippen LogP contribution in [0.3, 0.4) is 0 Å². The predicted octanol–water partition coefficient (Wildman–Crippen LogP) is 2.89. The summed E-state index contributed by atoms with van der Waals surface area (Å²) in [6.45, 7) is 1.74. The van der Waals surface area contributed by atoms with Crippen LogP contribution in [0.5, 0.6) is 0 Å². The van der Waals surface area contributed by atoms with Crippen LogP contribution in [0.15, 0.2) is 12.1 Å². The molecular weight excluding hydrogens is 257 g/mol. The highest BCUT2D eigenvalue weighted by molar-refractivity contribution is 6.05. The van der Waals surface area contributed by atoms with Crippen molar-refractivity contribution in [1.82, 2.24) is 4.98 Å². The molecule has 3 saturated carbocycles. The standard InChI is InChI=1S/C13H13F3N2O/c1-7-2-3-8(10(17)18-7)9(19)11-4-12(5-11,6-11)13(14,15)16/h2-3H,4-6H2,1H3,(H2,17,18). The molecule has 4 rings (SSSR count). The minimum Gasteiger partial charge on any atom is -0.383 e. The second kappa shape index (κ2) is 3.29. The molecule has 0 spiro atoms. The van der Waals surface area contributed by atoms with Crippen molar-refractivity contribution in [2.75, 3.05) is 5.73 Å². The number of carbonyl (C=O) groups excluding carboxylic acids is 1. The summed E-state index contributed by atoms with van der Waals surface area (Å²) in [7, 11) is 0. The number of nitrogen functional groups attached to an aromatic ring is 1. The number of hydrogen-bond donors (Lipinski definition) is 1. The van der Waals surface area contributed by atoms with Crippen molar-refractivity contribution in [3.63, 3.8) is 0 Å². The Morgan fingerprint density at radius 3 is 2.37 bits per heavy atom. The molecule has 1 aromatic heterocycles. The topological polar surface area (TPSA) is 56.0 Å². The minimum absolute atomic E-state index is 0.102. The number of halogens is 3. The lowest BCUT2D eigenvalue weighted by molar-refractivity contribution is -0.346. The molecule has 1 aromatic rings. The number of hydrogen-bond acceptors (Lipinski definition) is 3.